The van der Waals surface area contributed by atoms with E-state index in [0.717, 1.165) is 24.7 Å². The highest BCUT2D eigenvalue weighted by Crippen LogP contribution is 2.45. The molecular weight excluding hydrogens is 435 g/mol. The third-order valence-electron chi connectivity index (χ3n) is 5.42. The molecule has 2 rings (SSSR count). The fourth-order valence-corrected chi connectivity index (χ4v) is 4.07. The van der Waals surface area contributed by atoms with E-state index in [0.29, 0.717) is 18.4 Å². The van der Waals surface area contributed by atoms with Gasteiger partial charge in [-0.05, 0) is 60.4 Å². The average molecular weight is 463 g/mol. The Morgan fingerprint density at radius 3 is 2.59 bits per heavy atom. The molecule has 1 aromatic carbocycles. The first-order valence-corrected chi connectivity index (χ1v) is 10.9. The van der Waals surface area contributed by atoms with Crippen molar-refractivity contribution in [3.8, 4) is 0 Å². The third-order valence-corrected chi connectivity index (χ3v) is 5.83. The largest absolute Gasteiger partial charge is 0.456 e. The van der Waals surface area contributed by atoms with Gasteiger partial charge in [-0.3, -0.25) is 9.59 Å². The molecule has 0 saturated carbocycles. The molecule has 0 amide bonds. The Hall–Kier alpha value is -2.70. The smallest absolute Gasteiger partial charge is 0.316 e. The van der Waals surface area contributed by atoms with Crippen LogP contribution in [0.15, 0.2) is 77.1 Å². The van der Waals surface area contributed by atoms with E-state index in [4.69, 9.17) is 16.3 Å². The van der Waals surface area contributed by atoms with Gasteiger partial charge in [0.15, 0.2) is 5.76 Å². The lowest BCUT2D eigenvalue weighted by atomic mass is 9.74. The summed E-state index contributed by atoms with van der Waals surface area (Å²) in [4.78, 5) is 28.1. The van der Waals surface area contributed by atoms with Crippen LogP contribution in [0, 0.1) is 5.41 Å². The number of hydrogen-bond acceptors (Lipinski definition) is 5. The van der Waals surface area contributed by atoms with E-state index in [-0.39, 0.29) is 17.2 Å². The first-order chi connectivity index (χ1) is 15.5. The van der Waals surface area contributed by atoms with Crippen LogP contribution in [0.5, 0.6) is 0 Å². The molecule has 0 spiro atoms. The van der Waals surface area contributed by atoms with Gasteiger partial charge in [0.25, 0.3) is 0 Å². The van der Waals surface area contributed by atoms with Crippen molar-refractivity contribution in [2.24, 2.45) is 5.41 Å². The van der Waals surface area contributed by atoms with Gasteiger partial charge < -0.3 is 9.62 Å². The first kappa shape index (κ1) is 25.6. The molecular formula is C25H28ClFO5. The number of allylic oxidation sites excluding steroid dienone is 5. The minimum absolute atomic E-state index is 0.0439. The maximum Gasteiger partial charge on any atom is 0.316 e. The van der Waals surface area contributed by atoms with Crippen LogP contribution in [-0.2, 0) is 24.3 Å². The Balaban J connectivity index is 2.18. The molecule has 1 aromatic rings. The molecule has 2 atom stereocenters. The molecule has 172 valence electrons. The lowest BCUT2D eigenvalue weighted by molar-refractivity contribution is -0.405. The van der Waals surface area contributed by atoms with Crippen molar-refractivity contribution in [1.29, 1.82) is 0 Å². The number of carbonyl (C=O) groups is 2. The van der Waals surface area contributed by atoms with Gasteiger partial charge in [0, 0.05) is 11.5 Å². The number of unbranched alkanes of at least 4 members (excludes halogenated alkanes) is 1. The van der Waals surface area contributed by atoms with Crippen molar-refractivity contribution < 1.29 is 28.8 Å². The summed E-state index contributed by atoms with van der Waals surface area (Å²) in [6, 6.07) is 9.51. The number of hydrogen-bond donors (Lipinski definition) is 0. The van der Waals surface area contributed by atoms with Crippen LogP contribution in [0.4, 0.5) is 4.53 Å². The van der Waals surface area contributed by atoms with Gasteiger partial charge in [-0.25, -0.2) is 0 Å². The standard InChI is InChI=1S/C25H28ClFO5/c1-3-20-23(26)22(31-32-27)16-17-25(20,2)24(29)30-21(19-13-9-8-10-14-19)15-11-6-4-5-7-12-18-28/h6-14,16,18,21H,3-5,15,17H2,1-2H3/b11-6+,12-7+/t21-,25?/m1/s1. The van der Waals surface area contributed by atoms with Crippen LogP contribution in [0.25, 0.3) is 0 Å². The Kier molecular flexibility index (Phi) is 10.4. The number of esters is 1. The Bertz CT molecular complexity index is 891. The minimum Gasteiger partial charge on any atom is -0.456 e. The van der Waals surface area contributed by atoms with Gasteiger partial charge in [0.1, 0.15) is 12.4 Å². The topological polar surface area (TPSA) is 61.8 Å². The van der Waals surface area contributed by atoms with Gasteiger partial charge in [-0.1, -0.05) is 67.1 Å². The molecule has 0 saturated heterocycles. The second-order valence-electron chi connectivity index (χ2n) is 7.55. The van der Waals surface area contributed by atoms with Crippen molar-refractivity contribution >= 4 is 23.9 Å². The molecule has 0 N–H and O–H groups in total. The predicted molar refractivity (Wildman–Crippen MR) is 121 cm³/mol. The normalized spacial score (nSPS) is 19.8. The second kappa shape index (κ2) is 13.0. The fourth-order valence-electron chi connectivity index (χ4n) is 3.62. The van der Waals surface area contributed by atoms with Crippen molar-refractivity contribution in [3.05, 3.63) is 82.6 Å². The monoisotopic (exact) mass is 462 g/mol. The summed E-state index contributed by atoms with van der Waals surface area (Å²) < 4.78 is 18.1. The molecule has 7 heteroatoms. The van der Waals surface area contributed by atoms with Crippen LogP contribution in [0.3, 0.4) is 0 Å². The molecule has 0 aliphatic heterocycles. The molecule has 1 aliphatic carbocycles. The zero-order valence-electron chi connectivity index (χ0n) is 18.3. The van der Waals surface area contributed by atoms with E-state index < -0.39 is 17.5 Å². The lowest BCUT2D eigenvalue weighted by Gasteiger charge is -2.34. The number of ether oxygens (including phenoxy) is 1. The molecule has 1 unspecified atom stereocenters. The number of rotatable bonds is 12. The molecule has 0 heterocycles. The maximum atomic E-state index is 13.3. The molecule has 32 heavy (non-hydrogen) atoms. The van der Waals surface area contributed by atoms with Crippen molar-refractivity contribution in [2.45, 2.75) is 52.1 Å². The van der Waals surface area contributed by atoms with Crippen LogP contribution in [0.2, 0.25) is 0 Å². The second-order valence-corrected chi connectivity index (χ2v) is 7.93. The summed E-state index contributed by atoms with van der Waals surface area (Å²) in [7, 11) is 0. The SMILES string of the molecule is CCC1=C(Cl)C(OOF)=CCC1(C)C(=O)O[C@H](C/C=C/CC/C=C/C=O)c1ccccc1. The highest BCUT2D eigenvalue weighted by atomic mass is 35.5. The summed E-state index contributed by atoms with van der Waals surface area (Å²) in [6.45, 7) is 3.62. The summed E-state index contributed by atoms with van der Waals surface area (Å²) in [5, 5.41) is 3.40. The van der Waals surface area contributed by atoms with Crippen LogP contribution in [0.1, 0.15) is 57.6 Å². The summed E-state index contributed by atoms with van der Waals surface area (Å²) in [5.74, 6) is -0.373. The van der Waals surface area contributed by atoms with E-state index in [2.05, 4.69) is 9.98 Å². The van der Waals surface area contributed by atoms with E-state index in [1.54, 1.807) is 13.0 Å². The van der Waals surface area contributed by atoms with Crippen LogP contribution < -0.4 is 0 Å². The highest BCUT2D eigenvalue weighted by molar-refractivity contribution is 6.32. The van der Waals surface area contributed by atoms with Gasteiger partial charge in [-0.2, -0.15) is 0 Å². The lowest BCUT2D eigenvalue weighted by Crippen LogP contribution is -2.35. The zero-order valence-corrected chi connectivity index (χ0v) is 19.0. The van der Waals surface area contributed by atoms with E-state index in [9.17, 15) is 14.1 Å². The Morgan fingerprint density at radius 1 is 1.22 bits per heavy atom. The molecule has 0 aromatic heterocycles. The predicted octanol–water partition coefficient (Wildman–Crippen LogP) is 6.78. The molecule has 0 radical (unpaired) electrons. The Labute approximate surface area is 193 Å². The molecule has 0 fully saturated rings. The van der Waals surface area contributed by atoms with Crippen LogP contribution in [-0.4, -0.2) is 12.3 Å². The summed E-state index contributed by atoms with van der Waals surface area (Å²) >= 11 is 6.36. The number of benzene rings is 1. The van der Waals surface area contributed by atoms with Crippen molar-refractivity contribution in [3.63, 3.8) is 0 Å². The van der Waals surface area contributed by atoms with Gasteiger partial charge >= 0.3 is 5.97 Å². The van der Waals surface area contributed by atoms with Crippen LogP contribution >= 0.6 is 11.6 Å². The quantitative estimate of drug-likeness (QED) is 0.0651. The van der Waals surface area contributed by atoms with E-state index >= 15 is 0 Å². The van der Waals surface area contributed by atoms with E-state index in [1.807, 2.05) is 49.4 Å². The number of halogens is 2. The van der Waals surface area contributed by atoms with Gasteiger partial charge in [0.05, 0.1) is 10.4 Å². The summed E-state index contributed by atoms with van der Waals surface area (Å²) in [6.07, 6.45) is 11.8. The van der Waals surface area contributed by atoms with Gasteiger partial charge in [0.2, 0.25) is 0 Å². The molecule has 1 aliphatic rings. The zero-order chi connectivity index (χ0) is 23.4. The minimum atomic E-state index is -1.01. The average Bonchev–Trinajstić information content (AvgIpc) is 2.80. The fraction of sp³-hybridized carbons (Fsp3) is 0.360. The number of carbonyl (C=O) groups excluding carboxylic acids is 2. The third kappa shape index (κ3) is 6.65. The highest BCUT2D eigenvalue weighted by Gasteiger charge is 2.43. The van der Waals surface area contributed by atoms with Gasteiger partial charge in [-0.15, -0.1) is 0 Å². The first-order valence-electron chi connectivity index (χ1n) is 10.5. The summed E-state index contributed by atoms with van der Waals surface area (Å²) in [5.41, 5.74) is 0.470. The molecule has 5 nitrogen and oxygen atoms in total. The van der Waals surface area contributed by atoms with Crippen molar-refractivity contribution in [1.82, 2.24) is 0 Å². The maximum absolute atomic E-state index is 13.3. The number of aldehydes is 1. The Morgan fingerprint density at radius 2 is 1.94 bits per heavy atom. The van der Waals surface area contributed by atoms with E-state index in [1.165, 1.54) is 12.2 Å². The molecule has 0 bridgehead atoms. The van der Waals surface area contributed by atoms with Crippen molar-refractivity contribution in [2.75, 3.05) is 0 Å².